The molecule has 2 aliphatic heterocycles. The quantitative estimate of drug-likeness (QED) is 0.0856. The molecule has 10 atom stereocenters. The summed E-state index contributed by atoms with van der Waals surface area (Å²) in [5, 5.41) is 88.0. The topological polar surface area (TPSA) is 281 Å². The number of aromatic nitrogens is 8. The molecule has 0 radical (unpaired) electrons. The molecule has 4 heterocycles. The van der Waals surface area contributed by atoms with Crippen LogP contribution in [0.1, 0.15) is 62.9 Å². The van der Waals surface area contributed by atoms with Gasteiger partial charge in [0.05, 0.1) is 12.2 Å². The van der Waals surface area contributed by atoms with Crippen molar-refractivity contribution in [2.45, 2.75) is 114 Å². The van der Waals surface area contributed by atoms with E-state index in [4.69, 9.17) is 28.4 Å². The van der Waals surface area contributed by atoms with Crippen LogP contribution >= 0.6 is 0 Å². The summed E-state index contributed by atoms with van der Waals surface area (Å²) in [6.45, 7) is 6.39. The Morgan fingerprint density at radius 1 is 0.607 bits per heavy atom. The molecule has 4 aromatic rings. The molecule has 21 heteroatoms. The molecule has 56 heavy (non-hydrogen) atoms. The molecule has 0 spiro atoms. The Hall–Kier alpha value is -4.87. The molecule has 304 valence electrons. The first kappa shape index (κ1) is 40.8. The van der Waals surface area contributed by atoms with Crippen molar-refractivity contribution in [1.29, 1.82) is 0 Å². The van der Waals surface area contributed by atoms with Crippen molar-refractivity contribution in [2.24, 2.45) is 0 Å². The van der Waals surface area contributed by atoms with Gasteiger partial charge in [-0.25, -0.2) is 4.79 Å². The summed E-state index contributed by atoms with van der Waals surface area (Å²) >= 11 is 0. The van der Waals surface area contributed by atoms with E-state index in [9.17, 15) is 35.4 Å². The van der Waals surface area contributed by atoms with Crippen LogP contribution in [-0.2, 0) is 31.8 Å². The zero-order valence-corrected chi connectivity index (χ0v) is 31.0. The molecule has 0 bridgehead atoms. The summed E-state index contributed by atoms with van der Waals surface area (Å²) in [7, 11) is 0. The third kappa shape index (κ3) is 9.92. The predicted octanol–water partition coefficient (Wildman–Crippen LogP) is -0.771. The molecule has 2 saturated heterocycles. The van der Waals surface area contributed by atoms with E-state index in [1.165, 1.54) is 0 Å². The number of rotatable bonds is 14. The Morgan fingerprint density at radius 3 is 1.34 bits per heavy atom. The summed E-state index contributed by atoms with van der Waals surface area (Å²) in [6, 6.07) is 14.6. The fourth-order valence-electron chi connectivity index (χ4n) is 6.01. The molecule has 0 saturated carbocycles. The number of nitrogens with zero attached hydrogens (tertiary/aromatic N) is 8. The molecule has 21 nitrogen and oxygen atoms in total. The van der Waals surface area contributed by atoms with Crippen molar-refractivity contribution in [3.63, 3.8) is 0 Å². The molecule has 2 aromatic heterocycles. The molecule has 2 fully saturated rings. The zero-order chi connectivity index (χ0) is 40.1. The summed E-state index contributed by atoms with van der Waals surface area (Å²) in [6.07, 6.45) is -16.5. The van der Waals surface area contributed by atoms with E-state index < -0.39 is 80.7 Å². The van der Waals surface area contributed by atoms with Crippen LogP contribution in [0.4, 0.5) is 4.79 Å². The Labute approximate surface area is 320 Å². The Bertz CT molecular complexity index is 1730. The number of hydrogen-bond donors (Lipinski definition) is 6. The second-order valence-corrected chi connectivity index (χ2v) is 14.0. The van der Waals surface area contributed by atoms with Crippen molar-refractivity contribution in [2.75, 3.05) is 13.2 Å². The number of aliphatic hydroxyl groups is 6. The molecule has 10 unspecified atom stereocenters. The van der Waals surface area contributed by atoms with E-state index in [1.807, 2.05) is 76.2 Å². The standard InChI is InChI=1S/C35H46N8O13/c1-17(2)53-21-9-5-19(6-10-21)13-25-36-40-42(38-25)33-31(48)29(46)27(44)23(55-33)15-51-35(50)52-16-24-28(45)30(47)32(49)34(56-24)43-39-26(37-41-43)14-20-7-11-22(12-8-20)54-18(3)4/h5-12,17-18,23-24,27-34,44-49H,13-16H2,1-4H3. The number of carbonyl (C=O) groups is 1. The van der Waals surface area contributed by atoms with E-state index in [1.54, 1.807) is 0 Å². The molecule has 2 aromatic carbocycles. The van der Waals surface area contributed by atoms with Gasteiger partial charge in [-0.05, 0) is 73.5 Å². The summed E-state index contributed by atoms with van der Waals surface area (Å²) < 4.78 is 33.0. The van der Waals surface area contributed by atoms with E-state index in [0.29, 0.717) is 11.5 Å². The van der Waals surface area contributed by atoms with Crippen LogP contribution in [0.2, 0.25) is 0 Å². The first-order valence-corrected chi connectivity index (χ1v) is 18.0. The van der Waals surface area contributed by atoms with Gasteiger partial charge in [0, 0.05) is 12.8 Å². The zero-order valence-electron chi connectivity index (χ0n) is 31.0. The largest absolute Gasteiger partial charge is 0.508 e. The number of tetrazole rings is 2. The van der Waals surface area contributed by atoms with Gasteiger partial charge in [0.2, 0.25) is 0 Å². The average molecular weight is 787 g/mol. The number of ether oxygens (including phenoxy) is 6. The third-order valence-electron chi connectivity index (χ3n) is 8.81. The van der Waals surface area contributed by atoms with Gasteiger partial charge in [-0.15, -0.1) is 30.0 Å². The van der Waals surface area contributed by atoms with Crippen molar-refractivity contribution < 1.29 is 63.9 Å². The first-order valence-electron chi connectivity index (χ1n) is 18.0. The molecular weight excluding hydrogens is 740 g/mol. The number of carbonyl (C=O) groups excluding carboxylic acids is 1. The van der Waals surface area contributed by atoms with E-state index in [0.717, 1.165) is 20.7 Å². The third-order valence-corrected chi connectivity index (χ3v) is 8.81. The fraction of sp³-hybridized carbons (Fsp3) is 0.571. The Kier molecular flexibility index (Phi) is 13.1. The molecular formula is C35H46N8O13. The molecule has 0 amide bonds. The van der Waals surface area contributed by atoms with Crippen LogP contribution < -0.4 is 9.47 Å². The van der Waals surface area contributed by atoms with Gasteiger partial charge in [0.1, 0.15) is 73.5 Å². The summed E-state index contributed by atoms with van der Waals surface area (Å²) in [4.78, 5) is 14.5. The van der Waals surface area contributed by atoms with Crippen LogP contribution in [0.25, 0.3) is 0 Å². The molecule has 6 rings (SSSR count). The van der Waals surface area contributed by atoms with Crippen LogP contribution in [-0.4, -0.2) is 151 Å². The lowest BCUT2D eigenvalue weighted by Gasteiger charge is -2.39. The van der Waals surface area contributed by atoms with Gasteiger partial charge >= 0.3 is 6.16 Å². The Balaban J connectivity index is 1.01. The van der Waals surface area contributed by atoms with E-state index in [-0.39, 0.29) is 36.7 Å². The van der Waals surface area contributed by atoms with Crippen molar-refractivity contribution in [1.82, 2.24) is 40.4 Å². The highest BCUT2D eigenvalue weighted by Crippen LogP contribution is 2.30. The maximum atomic E-state index is 12.6. The van der Waals surface area contributed by atoms with E-state index >= 15 is 0 Å². The monoisotopic (exact) mass is 786 g/mol. The second-order valence-electron chi connectivity index (χ2n) is 14.0. The second kappa shape index (κ2) is 17.9. The van der Waals surface area contributed by atoms with Gasteiger partial charge in [-0.3, -0.25) is 0 Å². The predicted molar refractivity (Wildman–Crippen MR) is 187 cm³/mol. The van der Waals surface area contributed by atoms with Crippen LogP contribution in [0.15, 0.2) is 48.5 Å². The van der Waals surface area contributed by atoms with Gasteiger partial charge in [-0.1, -0.05) is 24.3 Å². The number of hydrogen-bond acceptors (Lipinski definition) is 19. The van der Waals surface area contributed by atoms with Gasteiger partial charge in [0.15, 0.2) is 24.1 Å². The minimum atomic E-state index is -1.74. The summed E-state index contributed by atoms with van der Waals surface area (Å²) in [5.74, 6) is 1.97. The minimum absolute atomic E-state index is 0.0217. The first-order chi connectivity index (χ1) is 26.7. The van der Waals surface area contributed by atoms with Crippen molar-refractivity contribution in [3.05, 3.63) is 71.3 Å². The van der Waals surface area contributed by atoms with Gasteiger partial charge in [0.25, 0.3) is 0 Å². The van der Waals surface area contributed by atoms with Gasteiger partial charge in [-0.2, -0.15) is 0 Å². The van der Waals surface area contributed by atoms with Crippen molar-refractivity contribution >= 4 is 6.16 Å². The van der Waals surface area contributed by atoms with E-state index in [2.05, 4.69) is 30.8 Å². The molecule has 0 aliphatic carbocycles. The highest BCUT2D eigenvalue weighted by atomic mass is 16.7. The van der Waals surface area contributed by atoms with Crippen LogP contribution in [0, 0.1) is 0 Å². The average Bonchev–Trinajstić information content (AvgIpc) is 3.83. The molecule has 2 aliphatic rings. The van der Waals surface area contributed by atoms with Crippen molar-refractivity contribution in [3.8, 4) is 11.5 Å². The summed E-state index contributed by atoms with van der Waals surface area (Å²) in [5.41, 5.74) is 1.71. The maximum Gasteiger partial charge on any atom is 0.508 e. The minimum Gasteiger partial charge on any atom is -0.491 e. The Morgan fingerprint density at radius 2 is 0.982 bits per heavy atom. The van der Waals surface area contributed by atoms with Crippen LogP contribution in [0.5, 0.6) is 11.5 Å². The van der Waals surface area contributed by atoms with Gasteiger partial charge < -0.3 is 59.1 Å². The maximum absolute atomic E-state index is 12.6. The highest BCUT2D eigenvalue weighted by Gasteiger charge is 2.48. The SMILES string of the molecule is CC(C)Oc1ccc(Cc2nnn(C3OC(COC(=O)OCC4OC(n5nnc(Cc6ccc(OC(C)C)cc6)n5)C(O)C(O)C4O)C(O)C(O)C3O)n2)cc1. The lowest BCUT2D eigenvalue weighted by molar-refractivity contribution is -0.261. The molecule has 6 N–H and O–H groups in total. The smallest absolute Gasteiger partial charge is 0.491 e. The number of aliphatic hydroxyl groups excluding tert-OH is 6. The normalized spacial score (nSPS) is 28.0. The van der Waals surface area contributed by atoms with Crippen LogP contribution in [0.3, 0.4) is 0 Å². The lowest BCUT2D eigenvalue weighted by atomic mass is 9.98. The fourth-order valence-corrected chi connectivity index (χ4v) is 6.01. The highest BCUT2D eigenvalue weighted by molar-refractivity contribution is 5.59. The lowest BCUT2D eigenvalue weighted by Crippen LogP contribution is -2.57. The number of benzene rings is 2.